The molecule has 0 aliphatic carbocycles. The summed E-state index contributed by atoms with van der Waals surface area (Å²) in [6.07, 6.45) is -3.67. The van der Waals surface area contributed by atoms with Crippen LogP contribution in [0, 0.1) is 0 Å². The summed E-state index contributed by atoms with van der Waals surface area (Å²) in [7, 11) is 1.61. The van der Waals surface area contributed by atoms with Crippen molar-refractivity contribution in [1.82, 2.24) is 10.2 Å². The van der Waals surface area contributed by atoms with Crippen LogP contribution in [0.4, 0.5) is 18.3 Å². The number of anilines is 1. The highest BCUT2D eigenvalue weighted by Crippen LogP contribution is 2.33. The Labute approximate surface area is 130 Å². The van der Waals surface area contributed by atoms with Crippen molar-refractivity contribution < 1.29 is 17.9 Å². The maximum Gasteiger partial charge on any atom is 0.445 e. The van der Waals surface area contributed by atoms with Gasteiger partial charge in [0.2, 0.25) is 10.1 Å². The number of hydrogen-bond acceptors (Lipinski definition) is 5. The van der Waals surface area contributed by atoms with Gasteiger partial charge >= 0.3 is 6.18 Å². The maximum atomic E-state index is 12.4. The Hall–Kier alpha value is -1.83. The van der Waals surface area contributed by atoms with Crippen molar-refractivity contribution in [2.45, 2.75) is 25.4 Å². The summed E-state index contributed by atoms with van der Waals surface area (Å²) in [5.41, 5.74) is 1.15. The van der Waals surface area contributed by atoms with Crippen LogP contribution in [0.3, 0.4) is 0 Å². The van der Waals surface area contributed by atoms with Crippen molar-refractivity contribution in [2.24, 2.45) is 0 Å². The molecule has 1 aromatic heterocycles. The lowest BCUT2D eigenvalue weighted by Crippen LogP contribution is -2.05. The third-order valence-electron chi connectivity index (χ3n) is 3.21. The molecular weight excluding hydrogens is 315 g/mol. The van der Waals surface area contributed by atoms with Crippen LogP contribution in [0.25, 0.3) is 0 Å². The average molecular weight is 331 g/mol. The molecule has 120 valence electrons. The van der Waals surface area contributed by atoms with Gasteiger partial charge in [0.25, 0.3) is 0 Å². The van der Waals surface area contributed by atoms with Gasteiger partial charge in [-0.15, -0.1) is 10.2 Å². The average Bonchev–Trinajstić information content (AvgIpc) is 2.96. The molecular formula is C14H16F3N3OS. The zero-order valence-corrected chi connectivity index (χ0v) is 13.0. The van der Waals surface area contributed by atoms with Crippen LogP contribution in [-0.4, -0.2) is 23.9 Å². The first-order valence-corrected chi connectivity index (χ1v) is 7.50. The number of nitrogens with zero attached hydrogens (tertiary/aromatic N) is 2. The number of hydrogen-bond donors (Lipinski definition) is 1. The van der Waals surface area contributed by atoms with E-state index in [9.17, 15) is 13.2 Å². The quantitative estimate of drug-likeness (QED) is 0.863. The van der Waals surface area contributed by atoms with Gasteiger partial charge in [0.05, 0.1) is 7.11 Å². The summed E-state index contributed by atoms with van der Waals surface area (Å²) < 4.78 is 42.3. The van der Waals surface area contributed by atoms with Crippen molar-refractivity contribution in [3.63, 3.8) is 0 Å². The number of methoxy groups -OCH3 is 1. The van der Waals surface area contributed by atoms with Crippen LogP contribution in [0.2, 0.25) is 0 Å². The fourth-order valence-electron chi connectivity index (χ4n) is 1.90. The molecule has 4 nitrogen and oxygen atoms in total. The highest BCUT2D eigenvalue weighted by molar-refractivity contribution is 7.15. The number of nitrogens with one attached hydrogen (secondary N) is 1. The predicted molar refractivity (Wildman–Crippen MR) is 79.4 cm³/mol. The van der Waals surface area contributed by atoms with E-state index in [4.69, 9.17) is 4.74 Å². The molecule has 2 rings (SSSR count). The molecule has 1 unspecified atom stereocenters. The van der Waals surface area contributed by atoms with Gasteiger partial charge in [0, 0.05) is 6.54 Å². The number of rotatable bonds is 6. The van der Waals surface area contributed by atoms with Crippen LogP contribution < -0.4 is 10.1 Å². The molecule has 0 saturated carbocycles. The summed E-state index contributed by atoms with van der Waals surface area (Å²) in [5, 5.41) is 8.76. The van der Waals surface area contributed by atoms with Crippen LogP contribution in [0.5, 0.6) is 5.75 Å². The van der Waals surface area contributed by atoms with E-state index in [-0.39, 0.29) is 11.0 Å². The third-order valence-corrected chi connectivity index (χ3v) is 4.13. The fourth-order valence-corrected chi connectivity index (χ4v) is 2.54. The summed E-state index contributed by atoms with van der Waals surface area (Å²) in [5.74, 6) is 1.07. The molecule has 22 heavy (non-hydrogen) atoms. The van der Waals surface area contributed by atoms with Crippen molar-refractivity contribution in [2.75, 3.05) is 19.0 Å². The Balaban J connectivity index is 1.83. The van der Waals surface area contributed by atoms with Gasteiger partial charge in [-0.2, -0.15) is 13.2 Å². The fraction of sp³-hybridized carbons (Fsp3) is 0.429. The lowest BCUT2D eigenvalue weighted by Gasteiger charge is -2.12. The molecule has 2 aromatic rings. The minimum atomic E-state index is -4.44. The molecule has 1 N–H and O–H groups in total. The van der Waals surface area contributed by atoms with E-state index < -0.39 is 11.2 Å². The first-order chi connectivity index (χ1) is 10.4. The molecule has 8 heteroatoms. The first-order valence-electron chi connectivity index (χ1n) is 6.68. The normalized spacial score (nSPS) is 13.0. The number of benzene rings is 1. The first kappa shape index (κ1) is 16.5. The topological polar surface area (TPSA) is 47.0 Å². The molecule has 0 amide bonds. The molecule has 1 aromatic carbocycles. The highest BCUT2D eigenvalue weighted by Gasteiger charge is 2.35. The zero-order chi connectivity index (χ0) is 16.2. The number of halogens is 3. The van der Waals surface area contributed by atoms with Gasteiger partial charge in [0.1, 0.15) is 5.75 Å². The molecule has 0 radical (unpaired) electrons. The maximum absolute atomic E-state index is 12.4. The van der Waals surface area contributed by atoms with Gasteiger partial charge in [0.15, 0.2) is 0 Å². The second-order valence-corrected chi connectivity index (χ2v) is 5.78. The third kappa shape index (κ3) is 4.33. The molecule has 0 saturated heterocycles. The molecule has 1 heterocycles. The molecule has 0 spiro atoms. The Morgan fingerprint density at radius 1 is 1.23 bits per heavy atom. The number of aromatic nitrogens is 2. The minimum Gasteiger partial charge on any atom is -0.497 e. The Morgan fingerprint density at radius 3 is 2.45 bits per heavy atom. The van der Waals surface area contributed by atoms with Crippen LogP contribution in [-0.2, 0) is 6.18 Å². The number of ether oxygens (including phenoxy) is 1. The van der Waals surface area contributed by atoms with E-state index in [0.717, 1.165) is 17.7 Å². The summed E-state index contributed by atoms with van der Waals surface area (Å²) in [6, 6.07) is 7.74. The monoisotopic (exact) mass is 331 g/mol. The van der Waals surface area contributed by atoms with Crippen molar-refractivity contribution in [1.29, 1.82) is 0 Å². The van der Waals surface area contributed by atoms with Crippen molar-refractivity contribution in [3.05, 3.63) is 34.8 Å². The molecule has 0 aliphatic rings. The Kier molecular flexibility index (Phi) is 5.23. The Bertz CT molecular complexity index is 598. The van der Waals surface area contributed by atoms with Gasteiger partial charge in [-0.25, -0.2) is 0 Å². The van der Waals surface area contributed by atoms with E-state index in [1.54, 1.807) is 7.11 Å². The van der Waals surface area contributed by atoms with Gasteiger partial charge in [-0.3, -0.25) is 0 Å². The van der Waals surface area contributed by atoms with Crippen LogP contribution in [0.1, 0.15) is 29.8 Å². The second kappa shape index (κ2) is 6.95. The van der Waals surface area contributed by atoms with E-state index in [2.05, 4.69) is 22.4 Å². The molecule has 0 aliphatic heterocycles. The van der Waals surface area contributed by atoms with Crippen molar-refractivity contribution in [3.8, 4) is 5.75 Å². The second-order valence-electron chi connectivity index (χ2n) is 4.80. The van der Waals surface area contributed by atoms with Gasteiger partial charge in [-0.05, 0) is 30.0 Å². The summed E-state index contributed by atoms with van der Waals surface area (Å²) in [6.45, 7) is 2.59. The van der Waals surface area contributed by atoms with Gasteiger partial charge < -0.3 is 10.1 Å². The van der Waals surface area contributed by atoms with E-state index in [0.29, 0.717) is 17.9 Å². The largest absolute Gasteiger partial charge is 0.497 e. The van der Waals surface area contributed by atoms with Crippen LogP contribution >= 0.6 is 11.3 Å². The summed E-state index contributed by atoms with van der Waals surface area (Å²) >= 11 is 0.517. The predicted octanol–water partition coefficient (Wildman–Crippen LogP) is 4.17. The molecule has 0 bridgehead atoms. The SMILES string of the molecule is COc1ccc(C(C)CCNc2nnc(C(F)(F)F)s2)cc1. The Morgan fingerprint density at radius 2 is 1.91 bits per heavy atom. The smallest absolute Gasteiger partial charge is 0.445 e. The van der Waals surface area contributed by atoms with E-state index in [1.807, 2.05) is 24.3 Å². The number of alkyl halides is 3. The summed E-state index contributed by atoms with van der Waals surface area (Å²) in [4.78, 5) is 0. The molecule has 0 fully saturated rings. The van der Waals surface area contributed by atoms with E-state index in [1.165, 1.54) is 0 Å². The standard InChI is InChI=1S/C14H16F3N3OS/c1-9(10-3-5-11(21-2)6-4-10)7-8-18-13-20-19-12(22-13)14(15,16)17/h3-6,9H,7-8H2,1-2H3,(H,18,20). The van der Waals surface area contributed by atoms with Crippen molar-refractivity contribution >= 4 is 16.5 Å². The lowest BCUT2D eigenvalue weighted by atomic mass is 9.98. The lowest BCUT2D eigenvalue weighted by molar-refractivity contribution is -0.138. The van der Waals surface area contributed by atoms with E-state index >= 15 is 0 Å². The van der Waals surface area contributed by atoms with Gasteiger partial charge in [-0.1, -0.05) is 30.4 Å². The zero-order valence-electron chi connectivity index (χ0n) is 12.1. The molecule has 1 atom stereocenters. The minimum absolute atomic E-state index is 0.189. The van der Waals surface area contributed by atoms with Crippen LogP contribution in [0.15, 0.2) is 24.3 Å². The highest BCUT2D eigenvalue weighted by atomic mass is 32.1.